The molecule has 2 aromatic carbocycles. The molecule has 0 aliphatic carbocycles. The maximum atomic E-state index is 13.2. The van der Waals surface area contributed by atoms with E-state index in [-0.39, 0.29) is 17.7 Å². The number of methoxy groups -OCH3 is 1. The van der Waals surface area contributed by atoms with Crippen LogP contribution in [0.4, 0.5) is 0 Å². The van der Waals surface area contributed by atoms with E-state index in [1.807, 2.05) is 45.9 Å². The molecule has 1 amide bonds. The minimum Gasteiger partial charge on any atom is -0.495 e. The van der Waals surface area contributed by atoms with E-state index < -0.39 is 0 Å². The van der Waals surface area contributed by atoms with Gasteiger partial charge in [0.05, 0.1) is 37.8 Å². The standard InChI is InChI=1S/C24H26N4O4S/c1-30-20-8-3-2-6-19(20)28-16-25-26-24(28)33-15-23(29)27-11-4-7-18(27)17-9-10-21-22(14-17)32-13-5-12-31-21/h2-3,6,8-10,14,16,18H,4-5,7,11-13,15H2,1H3/t18-/m0/s1. The summed E-state index contributed by atoms with van der Waals surface area (Å²) >= 11 is 1.38. The molecule has 2 aliphatic heterocycles. The summed E-state index contributed by atoms with van der Waals surface area (Å²) in [4.78, 5) is 15.2. The number of aromatic nitrogens is 3. The van der Waals surface area contributed by atoms with Crippen molar-refractivity contribution >= 4 is 17.7 Å². The van der Waals surface area contributed by atoms with Gasteiger partial charge in [-0.15, -0.1) is 10.2 Å². The highest BCUT2D eigenvalue weighted by atomic mass is 32.2. The second-order valence-electron chi connectivity index (χ2n) is 7.95. The van der Waals surface area contributed by atoms with Gasteiger partial charge in [-0.25, -0.2) is 0 Å². The first-order valence-electron chi connectivity index (χ1n) is 11.1. The van der Waals surface area contributed by atoms with Crippen LogP contribution in [0, 0.1) is 0 Å². The summed E-state index contributed by atoms with van der Waals surface area (Å²) in [6, 6.07) is 13.8. The number of amides is 1. The fourth-order valence-corrected chi connectivity index (χ4v) is 5.13. The number of carbonyl (C=O) groups is 1. The van der Waals surface area contributed by atoms with E-state index in [4.69, 9.17) is 14.2 Å². The summed E-state index contributed by atoms with van der Waals surface area (Å²) in [5.41, 5.74) is 1.93. The molecule has 1 atom stereocenters. The number of para-hydroxylation sites is 2. The molecular weight excluding hydrogens is 440 g/mol. The Labute approximate surface area is 196 Å². The van der Waals surface area contributed by atoms with Crippen molar-refractivity contribution in [1.82, 2.24) is 19.7 Å². The Kier molecular flexibility index (Phi) is 6.39. The number of nitrogens with zero attached hydrogens (tertiary/aromatic N) is 4. The Morgan fingerprint density at radius 3 is 2.88 bits per heavy atom. The third-order valence-electron chi connectivity index (χ3n) is 5.92. The molecule has 3 heterocycles. The summed E-state index contributed by atoms with van der Waals surface area (Å²) in [5.74, 6) is 2.64. The van der Waals surface area contributed by atoms with Gasteiger partial charge in [0.1, 0.15) is 12.1 Å². The number of thioether (sulfide) groups is 1. The van der Waals surface area contributed by atoms with Crippen LogP contribution in [0.15, 0.2) is 53.9 Å². The summed E-state index contributed by atoms with van der Waals surface area (Å²) in [7, 11) is 1.63. The van der Waals surface area contributed by atoms with Gasteiger partial charge in [0.15, 0.2) is 16.7 Å². The van der Waals surface area contributed by atoms with Crippen molar-refractivity contribution in [3.05, 3.63) is 54.4 Å². The Balaban J connectivity index is 1.29. The first-order chi connectivity index (χ1) is 16.2. The normalized spacial score (nSPS) is 17.6. The Bertz CT molecular complexity index is 1140. The Hall–Kier alpha value is -3.20. The van der Waals surface area contributed by atoms with E-state index in [9.17, 15) is 4.79 Å². The van der Waals surface area contributed by atoms with Crippen LogP contribution in [0.3, 0.4) is 0 Å². The first kappa shape index (κ1) is 21.6. The molecule has 0 N–H and O–H groups in total. The predicted molar refractivity (Wildman–Crippen MR) is 124 cm³/mol. The highest BCUT2D eigenvalue weighted by molar-refractivity contribution is 7.99. The first-order valence-corrected chi connectivity index (χ1v) is 12.1. The quantitative estimate of drug-likeness (QED) is 0.510. The molecule has 33 heavy (non-hydrogen) atoms. The minimum absolute atomic E-state index is 0.0438. The van der Waals surface area contributed by atoms with Crippen LogP contribution >= 0.6 is 11.8 Å². The van der Waals surface area contributed by atoms with E-state index >= 15 is 0 Å². The monoisotopic (exact) mass is 466 g/mol. The molecule has 0 bridgehead atoms. The van der Waals surface area contributed by atoms with E-state index in [1.165, 1.54) is 11.8 Å². The molecule has 1 saturated heterocycles. The maximum absolute atomic E-state index is 13.2. The zero-order valence-corrected chi connectivity index (χ0v) is 19.3. The highest BCUT2D eigenvalue weighted by Gasteiger charge is 2.31. The summed E-state index contributed by atoms with van der Waals surface area (Å²) < 4.78 is 18.9. The highest BCUT2D eigenvalue weighted by Crippen LogP contribution is 2.38. The lowest BCUT2D eigenvalue weighted by Gasteiger charge is -2.25. The molecule has 0 radical (unpaired) electrons. The van der Waals surface area contributed by atoms with E-state index in [0.717, 1.165) is 54.3 Å². The van der Waals surface area contributed by atoms with Gasteiger partial charge in [0.2, 0.25) is 5.91 Å². The molecule has 0 unspecified atom stereocenters. The van der Waals surface area contributed by atoms with Crippen LogP contribution in [-0.2, 0) is 4.79 Å². The number of rotatable bonds is 6. The van der Waals surface area contributed by atoms with Crippen molar-refractivity contribution in [3.63, 3.8) is 0 Å². The molecule has 1 aromatic heterocycles. The van der Waals surface area contributed by atoms with Gasteiger partial charge < -0.3 is 19.1 Å². The van der Waals surface area contributed by atoms with Crippen LogP contribution in [0.5, 0.6) is 17.2 Å². The van der Waals surface area contributed by atoms with Crippen LogP contribution in [0.2, 0.25) is 0 Å². The average molecular weight is 467 g/mol. The van der Waals surface area contributed by atoms with Gasteiger partial charge in [0.25, 0.3) is 0 Å². The van der Waals surface area contributed by atoms with Gasteiger partial charge in [-0.1, -0.05) is 30.0 Å². The molecule has 0 saturated carbocycles. The van der Waals surface area contributed by atoms with Crippen LogP contribution in [-0.4, -0.2) is 58.2 Å². The van der Waals surface area contributed by atoms with Gasteiger partial charge >= 0.3 is 0 Å². The van der Waals surface area contributed by atoms with Crippen molar-refractivity contribution < 1.29 is 19.0 Å². The second kappa shape index (κ2) is 9.74. The second-order valence-corrected chi connectivity index (χ2v) is 8.89. The van der Waals surface area contributed by atoms with E-state index in [1.54, 1.807) is 13.4 Å². The van der Waals surface area contributed by atoms with Gasteiger partial charge in [-0.3, -0.25) is 9.36 Å². The number of ether oxygens (including phenoxy) is 3. The SMILES string of the molecule is COc1ccccc1-n1cnnc1SCC(=O)N1CCC[C@H]1c1ccc2c(c1)OCCCO2. The third kappa shape index (κ3) is 4.50. The Morgan fingerprint density at radius 2 is 2.00 bits per heavy atom. The average Bonchev–Trinajstić information content (AvgIpc) is 3.47. The van der Waals surface area contributed by atoms with Crippen LogP contribution in [0.25, 0.3) is 5.69 Å². The largest absolute Gasteiger partial charge is 0.495 e. The molecule has 1 fully saturated rings. The number of hydrogen-bond acceptors (Lipinski definition) is 7. The molecule has 172 valence electrons. The molecule has 3 aromatic rings. The van der Waals surface area contributed by atoms with Crippen molar-refractivity contribution in [2.45, 2.75) is 30.5 Å². The van der Waals surface area contributed by atoms with E-state index in [0.29, 0.717) is 18.4 Å². The molecule has 9 heteroatoms. The van der Waals surface area contributed by atoms with Crippen molar-refractivity contribution in [2.75, 3.05) is 32.6 Å². The molecule has 0 spiro atoms. The predicted octanol–water partition coefficient (Wildman–Crippen LogP) is 3.89. The lowest BCUT2D eigenvalue weighted by molar-refractivity contribution is -0.129. The zero-order valence-electron chi connectivity index (χ0n) is 18.5. The van der Waals surface area contributed by atoms with E-state index in [2.05, 4.69) is 16.3 Å². The topological polar surface area (TPSA) is 78.7 Å². The fourth-order valence-electron chi connectivity index (χ4n) is 4.32. The van der Waals surface area contributed by atoms with Crippen LogP contribution in [0.1, 0.15) is 30.9 Å². The minimum atomic E-state index is 0.0438. The van der Waals surface area contributed by atoms with Crippen LogP contribution < -0.4 is 14.2 Å². The smallest absolute Gasteiger partial charge is 0.233 e. The maximum Gasteiger partial charge on any atom is 0.233 e. The van der Waals surface area contributed by atoms with Crippen molar-refractivity contribution in [3.8, 4) is 22.9 Å². The number of benzene rings is 2. The van der Waals surface area contributed by atoms with Gasteiger partial charge in [-0.05, 0) is 42.7 Å². The van der Waals surface area contributed by atoms with Gasteiger partial charge in [0, 0.05) is 13.0 Å². The molecule has 5 rings (SSSR count). The molecule has 2 aliphatic rings. The summed E-state index contributed by atoms with van der Waals surface area (Å²) in [5, 5.41) is 8.92. The lowest BCUT2D eigenvalue weighted by atomic mass is 10.0. The Morgan fingerprint density at radius 1 is 1.15 bits per heavy atom. The van der Waals surface area contributed by atoms with Crippen molar-refractivity contribution in [1.29, 1.82) is 0 Å². The van der Waals surface area contributed by atoms with Crippen molar-refractivity contribution in [2.24, 2.45) is 0 Å². The lowest BCUT2D eigenvalue weighted by Crippen LogP contribution is -2.32. The fraction of sp³-hybridized carbons (Fsp3) is 0.375. The molecular formula is C24H26N4O4S. The van der Waals surface area contributed by atoms with Gasteiger partial charge in [-0.2, -0.15) is 0 Å². The summed E-state index contributed by atoms with van der Waals surface area (Å²) in [6.45, 7) is 2.06. The summed E-state index contributed by atoms with van der Waals surface area (Å²) in [6.07, 6.45) is 4.43. The third-order valence-corrected chi connectivity index (χ3v) is 6.84. The number of fused-ring (bicyclic) bond motifs is 1. The number of carbonyl (C=O) groups excluding carboxylic acids is 1. The zero-order chi connectivity index (χ0) is 22.6. The number of hydrogen-bond donors (Lipinski definition) is 0. The number of likely N-dealkylation sites (tertiary alicyclic amines) is 1. The molecule has 8 nitrogen and oxygen atoms in total.